The van der Waals surface area contributed by atoms with E-state index in [1.807, 2.05) is 0 Å². The number of nitrogens with one attached hydrogen (secondary N) is 1. The van der Waals surface area contributed by atoms with Gasteiger partial charge in [0.1, 0.15) is 5.60 Å². The molecular weight excluding hydrogens is 174 g/mol. The molecule has 13 heavy (non-hydrogen) atoms. The van der Waals surface area contributed by atoms with Crippen LogP contribution in [0.25, 0.3) is 0 Å². The van der Waals surface area contributed by atoms with Crippen LogP contribution in [0.2, 0.25) is 0 Å². The molecule has 1 fully saturated rings. The third-order valence-corrected chi connectivity index (χ3v) is 2.22. The molecule has 0 bridgehead atoms. The Bertz CT molecular complexity index is 177. The largest absolute Gasteiger partial charge is 0.480 e. The number of hydrogen-bond donors (Lipinski definition) is 2. The summed E-state index contributed by atoms with van der Waals surface area (Å²) in [5, 5.41) is 11.2. The molecule has 0 aromatic rings. The maximum Gasteiger partial charge on any atom is 0.317 e. The van der Waals surface area contributed by atoms with Crippen LogP contribution in [0.15, 0.2) is 0 Å². The molecule has 2 N–H and O–H groups in total. The minimum Gasteiger partial charge on any atom is -0.480 e. The average Bonchev–Trinajstić information content (AvgIpc) is 2.53. The van der Waals surface area contributed by atoms with E-state index in [1.165, 1.54) is 0 Å². The number of methoxy groups -OCH3 is 1. The molecule has 0 aliphatic carbocycles. The van der Waals surface area contributed by atoms with E-state index in [1.54, 1.807) is 7.11 Å². The van der Waals surface area contributed by atoms with Crippen molar-refractivity contribution in [1.29, 1.82) is 0 Å². The Morgan fingerprint density at radius 2 is 2.54 bits per heavy atom. The van der Waals surface area contributed by atoms with Gasteiger partial charge in [0.2, 0.25) is 0 Å². The van der Waals surface area contributed by atoms with Crippen LogP contribution in [0, 0.1) is 0 Å². The maximum atomic E-state index is 10.2. The summed E-state index contributed by atoms with van der Waals surface area (Å²) in [6, 6.07) is 0. The number of carboxylic acids is 1. The van der Waals surface area contributed by atoms with Gasteiger partial charge in [-0.1, -0.05) is 0 Å². The van der Waals surface area contributed by atoms with E-state index in [2.05, 4.69) is 5.32 Å². The number of aliphatic carboxylic acids is 1. The molecule has 0 aromatic carbocycles. The van der Waals surface area contributed by atoms with E-state index < -0.39 is 5.97 Å². The Morgan fingerprint density at radius 3 is 3.00 bits per heavy atom. The number of rotatable bonds is 5. The van der Waals surface area contributed by atoms with Gasteiger partial charge in [-0.05, 0) is 0 Å². The molecule has 1 rings (SSSR count). The predicted molar refractivity (Wildman–Crippen MR) is 45.7 cm³/mol. The number of ether oxygens (including phenoxy) is 2. The van der Waals surface area contributed by atoms with Crippen LogP contribution >= 0.6 is 0 Å². The number of hydrogen-bond acceptors (Lipinski definition) is 4. The lowest BCUT2D eigenvalue weighted by Crippen LogP contribution is -2.44. The number of carbonyl (C=O) groups is 1. The molecule has 0 saturated carbocycles. The molecule has 1 atom stereocenters. The quantitative estimate of drug-likeness (QED) is 0.608. The fraction of sp³-hybridized carbons (Fsp3) is 0.875. The summed E-state index contributed by atoms with van der Waals surface area (Å²) in [5.74, 6) is -0.856. The predicted octanol–water partition coefficient (Wildman–Crippen LogP) is -0.534. The van der Waals surface area contributed by atoms with Crippen molar-refractivity contribution in [2.45, 2.75) is 12.0 Å². The normalized spacial score (nSPS) is 27.8. The molecule has 0 amide bonds. The molecule has 1 saturated heterocycles. The lowest BCUT2D eigenvalue weighted by atomic mass is 10.0. The Hall–Kier alpha value is -0.650. The molecule has 1 heterocycles. The highest BCUT2D eigenvalue weighted by atomic mass is 16.5. The molecular formula is C8H15NO4. The zero-order valence-electron chi connectivity index (χ0n) is 7.71. The third-order valence-electron chi connectivity index (χ3n) is 2.22. The fourth-order valence-corrected chi connectivity index (χ4v) is 1.36. The molecule has 1 aliphatic rings. The second-order valence-corrected chi connectivity index (χ2v) is 3.19. The highest BCUT2D eigenvalue weighted by Gasteiger charge is 2.34. The molecule has 1 unspecified atom stereocenters. The smallest absolute Gasteiger partial charge is 0.317 e. The zero-order valence-corrected chi connectivity index (χ0v) is 7.71. The highest BCUT2D eigenvalue weighted by molar-refractivity contribution is 5.68. The van der Waals surface area contributed by atoms with Crippen LogP contribution in [0.5, 0.6) is 0 Å². The van der Waals surface area contributed by atoms with Crippen molar-refractivity contribution >= 4 is 5.97 Å². The summed E-state index contributed by atoms with van der Waals surface area (Å²) in [6.07, 6.45) is 0.816. The standard InChI is InChI=1S/C8H15NO4/c1-12-8(2-3-13-6-8)5-9-4-7(10)11/h9H,2-6H2,1H3,(H,10,11). The summed E-state index contributed by atoms with van der Waals surface area (Å²) < 4.78 is 10.5. The van der Waals surface area contributed by atoms with Gasteiger partial charge < -0.3 is 19.9 Å². The van der Waals surface area contributed by atoms with Gasteiger partial charge >= 0.3 is 5.97 Å². The van der Waals surface area contributed by atoms with Crippen LogP contribution in [0.1, 0.15) is 6.42 Å². The fourth-order valence-electron chi connectivity index (χ4n) is 1.36. The molecule has 76 valence electrons. The average molecular weight is 189 g/mol. The van der Waals surface area contributed by atoms with Crippen molar-refractivity contribution in [2.24, 2.45) is 0 Å². The highest BCUT2D eigenvalue weighted by Crippen LogP contribution is 2.21. The van der Waals surface area contributed by atoms with Crippen LogP contribution in [0.4, 0.5) is 0 Å². The van der Waals surface area contributed by atoms with Crippen molar-refractivity contribution in [1.82, 2.24) is 5.32 Å². The summed E-state index contributed by atoms with van der Waals surface area (Å²) in [4.78, 5) is 10.2. The third kappa shape index (κ3) is 2.95. The Balaban J connectivity index is 2.27. The van der Waals surface area contributed by atoms with Gasteiger partial charge in [0.25, 0.3) is 0 Å². The Kier molecular flexibility index (Phi) is 3.65. The molecule has 5 heteroatoms. The Labute approximate surface area is 77.0 Å². The van der Waals surface area contributed by atoms with Gasteiger partial charge in [-0.3, -0.25) is 4.79 Å². The summed E-state index contributed by atoms with van der Waals surface area (Å²) >= 11 is 0. The van der Waals surface area contributed by atoms with Gasteiger partial charge in [-0.25, -0.2) is 0 Å². The second kappa shape index (κ2) is 4.55. The van der Waals surface area contributed by atoms with Gasteiger partial charge in [0, 0.05) is 26.7 Å². The van der Waals surface area contributed by atoms with Crippen molar-refractivity contribution in [3.05, 3.63) is 0 Å². The summed E-state index contributed by atoms with van der Waals surface area (Å²) in [6.45, 7) is 1.71. The van der Waals surface area contributed by atoms with E-state index in [-0.39, 0.29) is 12.1 Å². The topological polar surface area (TPSA) is 67.8 Å². The SMILES string of the molecule is COC1(CNCC(=O)O)CCOC1. The van der Waals surface area contributed by atoms with Gasteiger partial charge in [0.05, 0.1) is 13.2 Å². The minimum atomic E-state index is -0.856. The van der Waals surface area contributed by atoms with Crippen molar-refractivity contribution in [3.63, 3.8) is 0 Å². The van der Waals surface area contributed by atoms with Crippen LogP contribution in [-0.4, -0.2) is 50.1 Å². The van der Waals surface area contributed by atoms with Crippen molar-refractivity contribution in [3.8, 4) is 0 Å². The lowest BCUT2D eigenvalue weighted by molar-refractivity contribution is -0.136. The van der Waals surface area contributed by atoms with Gasteiger partial charge in [-0.15, -0.1) is 0 Å². The first-order valence-electron chi connectivity index (χ1n) is 4.24. The molecule has 0 aromatic heterocycles. The first-order chi connectivity index (χ1) is 6.18. The monoisotopic (exact) mass is 189 g/mol. The van der Waals surface area contributed by atoms with Crippen molar-refractivity contribution < 1.29 is 19.4 Å². The molecule has 0 radical (unpaired) electrons. The lowest BCUT2D eigenvalue weighted by Gasteiger charge is -2.25. The first kappa shape index (κ1) is 10.4. The van der Waals surface area contributed by atoms with Gasteiger partial charge in [-0.2, -0.15) is 0 Å². The number of carboxylic acid groups (broad SMARTS) is 1. The van der Waals surface area contributed by atoms with Gasteiger partial charge in [0.15, 0.2) is 0 Å². The first-order valence-corrected chi connectivity index (χ1v) is 4.24. The van der Waals surface area contributed by atoms with E-state index in [0.29, 0.717) is 19.8 Å². The Morgan fingerprint density at radius 1 is 1.77 bits per heavy atom. The summed E-state index contributed by atoms with van der Waals surface area (Å²) in [7, 11) is 1.62. The van der Waals surface area contributed by atoms with Crippen molar-refractivity contribution in [2.75, 3.05) is 33.4 Å². The maximum absolute atomic E-state index is 10.2. The second-order valence-electron chi connectivity index (χ2n) is 3.19. The van der Waals surface area contributed by atoms with Crippen LogP contribution < -0.4 is 5.32 Å². The van der Waals surface area contributed by atoms with Crippen LogP contribution in [0.3, 0.4) is 0 Å². The van der Waals surface area contributed by atoms with E-state index in [4.69, 9.17) is 14.6 Å². The van der Waals surface area contributed by atoms with E-state index in [9.17, 15) is 4.79 Å². The van der Waals surface area contributed by atoms with E-state index >= 15 is 0 Å². The minimum absolute atomic E-state index is 0.0366. The zero-order chi connectivity index (χ0) is 9.73. The van der Waals surface area contributed by atoms with E-state index in [0.717, 1.165) is 6.42 Å². The summed E-state index contributed by atoms with van der Waals surface area (Å²) in [5.41, 5.74) is -0.324. The molecule has 0 spiro atoms. The molecule has 5 nitrogen and oxygen atoms in total. The molecule has 1 aliphatic heterocycles. The van der Waals surface area contributed by atoms with Crippen LogP contribution in [-0.2, 0) is 14.3 Å².